The molecule has 19 heavy (non-hydrogen) atoms. The third-order valence-corrected chi connectivity index (χ3v) is 3.25. The minimum atomic E-state index is -0.561. The van der Waals surface area contributed by atoms with E-state index in [1.54, 1.807) is 6.92 Å². The minimum Gasteiger partial charge on any atom is -0.481 e. The van der Waals surface area contributed by atoms with Gasteiger partial charge in [-0.2, -0.15) is 0 Å². The Labute approximate surface area is 120 Å². The maximum Gasteiger partial charge on any atom is 0.265 e. The Hall–Kier alpha value is -1.81. The second-order valence-electron chi connectivity index (χ2n) is 4.04. The summed E-state index contributed by atoms with van der Waals surface area (Å²) in [5, 5.41) is 2.82. The van der Waals surface area contributed by atoms with Crippen molar-refractivity contribution in [2.24, 2.45) is 0 Å². The summed E-state index contributed by atoms with van der Waals surface area (Å²) in [6.45, 7) is 1.72. The number of benzene rings is 2. The maximum atomic E-state index is 12.0. The number of nitrogens with one attached hydrogen (secondary N) is 1. The van der Waals surface area contributed by atoms with Crippen molar-refractivity contribution in [1.82, 2.24) is 0 Å². The lowest BCUT2D eigenvalue weighted by Crippen LogP contribution is -2.30. The number of ether oxygens (including phenoxy) is 1. The molecule has 0 aliphatic carbocycles. The van der Waals surface area contributed by atoms with Crippen LogP contribution in [0.1, 0.15) is 6.92 Å². The Kier molecular flexibility index (Phi) is 4.58. The SMILES string of the molecule is C[C@@H](Oc1ccccc1)C(=O)Nc1ccccc1Br. The molecule has 0 aromatic heterocycles. The molecule has 1 N–H and O–H groups in total. The normalized spacial score (nSPS) is 11.7. The quantitative estimate of drug-likeness (QED) is 0.929. The molecule has 0 saturated heterocycles. The number of para-hydroxylation sites is 2. The molecule has 98 valence electrons. The summed E-state index contributed by atoms with van der Waals surface area (Å²) in [5.74, 6) is 0.494. The molecular formula is C15H14BrNO2. The first-order valence-corrected chi connectivity index (χ1v) is 6.73. The number of amides is 1. The van der Waals surface area contributed by atoms with Crippen molar-refractivity contribution in [2.45, 2.75) is 13.0 Å². The fourth-order valence-electron chi connectivity index (χ4n) is 1.55. The smallest absolute Gasteiger partial charge is 0.265 e. The number of anilines is 1. The molecule has 0 aliphatic rings. The fraction of sp³-hybridized carbons (Fsp3) is 0.133. The number of hydrogen-bond acceptors (Lipinski definition) is 2. The molecule has 2 aromatic carbocycles. The van der Waals surface area contributed by atoms with E-state index in [0.29, 0.717) is 5.75 Å². The Morgan fingerprint density at radius 2 is 1.74 bits per heavy atom. The van der Waals surface area contributed by atoms with Gasteiger partial charge in [0.25, 0.3) is 5.91 Å². The monoisotopic (exact) mass is 319 g/mol. The van der Waals surface area contributed by atoms with Crippen LogP contribution in [0.2, 0.25) is 0 Å². The van der Waals surface area contributed by atoms with E-state index in [1.807, 2.05) is 54.6 Å². The van der Waals surface area contributed by atoms with Gasteiger partial charge in [-0.1, -0.05) is 30.3 Å². The van der Waals surface area contributed by atoms with Gasteiger partial charge in [-0.05, 0) is 47.1 Å². The summed E-state index contributed by atoms with van der Waals surface area (Å²) in [5.41, 5.74) is 0.732. The standard InChI is InChI=1S/C15H14BrNO2/c1-11(19-12-7-3-2-4-8-12)15(18)17-14-10-6-5-9-13(14)16/h2-11H,1H3,(H,17,18)/t11-/m1/s1. The maximum absolute atomic E-state index is 12.0. The second-order valence-corrected chi connectivity index (χ2v) is 4.90. The van der Waals surface area contributed by atoms with Gasteiger partial charge >= 0.3 is 0 Å². The van der Waals surface area contributed by atoms with E-state index in [2.05, 4.69) is 21.2 Å². The number of carbonyl (C=O) groups excluding carboxylic acids is 1. The molecule has 0 aliphatic heterocycles. The van der Waals surface area contributed by atoms with E-state index in [0.717, 1.165) is 10.2 Å². The zero-order valence-electron chi connectivity index (χ0n) is 10.5. The van der Waals surface area contributed by atoms with Gasteiger partial charge in [0.05, 0.1) is 5.69 Å². The number of halogens is 1. The highest BCUT2D eigenvalue weighted by Gasteiger charge is 2.15. The highest BCUT2D eigenvalue weighted by Crippen LogP contribution is 2.21. The highest BCUT2D eigenvalue weighted by atomic mass is 79.9. The third-order valence-electron chi connectivity index (χ3n) is 2.56. The molecule has 0 spiro atoms. The zero-order valence-corrected chi connectivity index (χ0v) is 12.1. The van der Waals surface area contributed by atoms with Crippen molar-refractivity contribution in [3.8, 4) is 5.75 Å². The van der Waals surface area contributed by atoms with Crippen LogP contribution >= 0.6 is 15.9 Å². The first-order valence-electron chi connectivity index (χ1n) is 5.94. The van der Waals surface area contributed by atoms with Crippen molar-refractivity contribution in [2.75, 3.05) is 5.32 Å². The lowest BCUT2D eigenvalue weighted by molar-refractivity contribution is -0.122. The zero-order chi connectivity index (χ0) is 13.7. The molecule has 0 saturated carbocycles. The molecule has 3 nitrogen and oxygen atoms in total. The summed E-state index contributed by atoms with van der Waals surface area (Å²) >= 11 is 3.39. The minimum absolute atomic E-state index is 0.184. The van der Waals surface area contributed by atoms with Crippen LogP contribution in [-0.2, 0) is 4.79 Å². The summed E-state index contributed by atoms with van der Waals surface area (Å²) in [7, 11) is 0. The molecule has 0 unspecified atom stereocenters. The number of rotatable bonds is 4. The summed E-state index contributed by atoms with van der Waals surface area (Å²) in [4.78, 5) is 12.0. The Morgan fingerprint density at radius 3 is 2.42 bits per heavy atom. The molecule has 0 radical (unpaired) electrons. The molecule has 0 heterocycles. The van der Waals surface area contributed by atoms with Crippen LogP contribution in [0.4, 0.5) is 5.69 Å². The van der Waals surface area contributed by atoms with Crippen LogP contribution in [0.25, 0.3) is 0 Å². The lowest BCUT2D eigenvalue weighted by atomic mass is 10.3. The first-order chi connectivity index (χ1) is 9.16. The van der Waals surface area contributed by atoms with Gasteiger partial charge < -0.3 is 10.1 Å². The van der Waals surface area contributed by atoms with E-state index in [1.165, 1.54) is 0 Å². The van der Waals surface area contributed by atoms with Crippen molar-refractivity contribution >= 4 is 27.5 Å². The average Bonchev–Trinajstić information content (AvgIpc) is 2.42. The average molecular weight is 320 g/mol. The second kappa shape index (κ2) is 6.38. The topological polar surface area (TPSA) is 38.3 Å². The van der Waals surface area contributed by atoms with Crippen LogP contribution in [0.5, 0.6) is 5.75 Å². The number of carbonyl (C=O) groups is 1. The fourth-order valence-corrected chi connectivity index (χ4v) is 1.94. The first kappa shape index (κ1) is 13.6. The van der Waals surface area contributed by atoms with Gasteiger partial charge in [0.1, 0.15) is 5.75 Å². The van der Waals surface area contributed by atoms with Gasteiger partial charge in [0.15, 0.2) is 6.10 Å². The Morgan fingerprint density at radius 1 is 1.11 bits per heavy atom. The van der Waals surface area contributed by atoms with Crippen LogP contribution in [0.3, 0.4) is 0 Å². The Bertz CT molecular complexity index is 557. The molecule has 2 aromatic rings. The molecule has 4 heteroatoms. The predicted octanol–water partition coefficient (Wildman–Crippen LogP) is 3.86. The molecule has 1 atom stereocenters. The van der Waals surface area contributed by atoms with E-state index >= 15 is 0 Å². The van der Waals surface area contributed by atoms with Crippen molar-refractivity contribution in [3.63, 3.8) is 0 Å². The van der Waals surface area contributed by atoms with E-state index < -0.39 is 6.10 Å². The van der Waals surface area contributed by atoms with E-state index in [-0.39, 0.29) is 5.91 Å². The van der Waals surface area contributed by atoms with Gasteiger partial charge in [0.2, 0.25) is 0 Å². The molecule has 0 fully saturated rings. The van der Waals surface area contributed by atoms with Gasteiger partial charge in [-0.25, -0.2) is 0 Å². The van der Waals surface area contributed by atoms with E-state index in [4.69, 9.17) is 4.74 Å². The molecular weight excluding hydrogens is 306 g/mol. The summed E-state index contributed by atoms with van der Waals surface area (Å²) < 4.78 is 6.40. The van der Waals surface area contributed by atoms with Crippen LogP contribution in [0.15, 0.2) is 59.1 Å². The van der Waals surface area contributed by atoms with Gasteiger partial charge in [0, 0.05) is 4.47 Å². The van der Waals surface area contributed by atoms with Crippen molar-refractivity contribution < 1.29 is 9.53 Å². The summed E-state index contributed by atoms with van der Waals surface area (Å²) in [6, 6.07) is 16.7. The lowest BCUT2D eigenvalue weighted by Gasteiger charge is -2.15. The van der Waals surface area contributed by atoms with Crippen LogP contribution in [0, 0.1) is 0 Å². The van der Waals surface area contributed by atoms with Crippen molar-refractivity contribution in [1.29, 1.82) is 0 Å². The van der Waals surface area contributed by atoms with Crippen LogP contribution < -0.4 is 10.1 Å². The summed E-state index contributed by atoms with van der Waals surface area (Å²) in [6.07, 6.45) is -0.561. The molecule has 2 rings (SSSR count). The van der Waals surface area contributed by atoms with Crippen LogP contribution in [-0.4, -0.2) is 12.0 Å². The predicted molar refractivity (Wildman–Crippen MR) is 79.3 cm³/mol. The largest absolute Gasteiger partial charge is 0.481 e. The highest BCUT2D eigenvalue weighted by molar-refractivity contribution is 9.10. The van der Waals surface area contributed by atoms with Gasteiger partial charge in [-0.3, -0.25) is 4.79 Å². The van der Waals surface area contributed by atoms with E-state index in [9.17, 15) is 4.79 Å². The van der Waals surface area contributed by atoms with Gasteiger partial charge in [-0.15, -0.1) is 0 Å². The number of hydrogen-bond donors (Lipinski definition) is 1. The van der Waals surface area contributed by atoms with Crippen molar-refractivity contribution in [3.05, 3.63) is 59.1 Å². The Balaban J connectivity index is 1.99. The molecule has 0 bridgehead atoms. The molecule has 1 amide bonds. The third kappa shape index (κ3) is 3.83.